The third kappa shape index (κ3) is 3.17. The molecule has 2 atom stereocenters. The molecule has 8 heteroatoms. The van der Waals surface area contributed by atoms with Gasteiger partial charge in [-0.2, -0.15) is 9.97 Å². The van der Waals surface area contributed by atoms with Gasteiger partial charge in [0.2, 0.25) is 11.9 Å². The normalized spacial score (nSPS) is 24.4. The Morgan fingerprint density at radius 2 is 2.10 bits per heavy atom. The van der Waals surface area contributed by atoms with Gasteiger partial charge in [-0.15, -0.1) is 0 Å². The summed E-state index contributed by atoms with van der Waals surface area (Å²) in [6.45, 7) is 1.70. The van der Waals surface area contributed by atoms with Gasteiger partial charge in [0.05, 0.1) is 16.9 Å². The first-order valence-electron chi connectivity index (χ1n) is 10.5. The number of aromatic amines is 1. The highest BCUT2D eigenvalue weighted by atomic mass is 16.3. The van der Waals surface area contributed by atoms with Crippen LogP contribution < -0.4 is 16.0 Å². The minimum Gasteiger partial charge on any atom is -0.392 e. The molecule has 4 heterocycles. The van der Waals surface area contributed by atoms with E-state index in [0.29, 0.717) is 38.1 Å². The maximum absolute atomic E-state index is 12.7. The number of piperidine rings is 2. The molecule has 2 aromatic heterocycles. The number of aliphatic hydroxyl groups excluding tert-OH is 1. The topological polar surface area (TPSA) is 120 Å². The molecular formula is C22H26N6O2. The molecule has 5 N–H and O–H groups in total. The molecule has 2 saturated heterocycles. The zero-order valence-corrected chi connectivity index (χ0v) is 16.8. The highest BCUT2D eigenvalue weighted by Gasteiger charge is 2.50. The number of hydrogen-bond donors (Lipinski definition) is 4. The maximum atomic E-state index is 12.7. The molecule has 1 spiro atoms. The molecule has 0 aliphatic carbocycles. The van der Waals surface area contributed by atoms with Gasteiger partial charge in [0.15, 0.2) is 0 Å². The van der Waals surface area contributed by atoms with Crippen LogP contribution in [0, 0.1) is 5.41 Å². The Hall–Kier alpha value is -3.13. The summed E-state index contributed by atoms with van der Waals surface area (Å²) in [6, 6.07) is 12.3. The Labute approximate surface area is 174 Å². The van der Waals surface area contributed by atoms with Crippen molar-refractivity contribution in [1.82, 2.24) is 20.3 Å². The SMILES string of the molecule is Nc1nc(N2CC[C@H](O)[C@@]3(CCCNC3=O)C2)c2cc(Cc3ccccc3)[nH]c2n1. The fourth-order valence-electron chi connectivity index (χ4n) is 4.84. The fourth-order valence-corrected chi connectivity index (χ4v) is 4.84. The van der Waals surface area contributed by atoms with E-state index in [2.05, 4.69) is 43.4 Å². The van der Waals surface area contributed by atoms with E-state index in [4.69, 9.17) is 5.73 Å². The van der Waals surface area contributed by atoms with Gasteiger partial charge in [-0.1, -0.05) is 30.3 Å². The molecule has 2 fully saturated rings. The quantitative estimate of drug-likeness (QED) is 0.524. The molecule has 2 aliphatic heterocycles. The minimum absolute atomic E-state index is 0.0666. The van der Waals surface area contributed by atoms with Crippen LogP contribution in [0.1, 0.15) is 30.5 Å². The molecule has 2 aliphatic rings. The van der Waals surface area contributed by atoms with Gasteiger partial charge in [-0.3, -0.25) is 4.79 Å². The summed E-state index contributed by atoms with van der Waals surface area (Å²) in [7, 11) is 0. The Kier molecular flexibility index (Phi) is 4.58. The van der Waals surface area contributed by atoms with Gasteiger partial charge in [-0.25, -0.2) is 0 Å². The second-order valence-corrected chi connectivity index (χ2v) is 8.37. The van der Waals surface area contributed by atoms with Crippen LogP contribution in [0.25, 0.3) is 11.0 Å². The van der Waals surface area contributed by atoms with E-state index in [-0.39, 0.29) is 11.9 Å². The van der Waals surface area contributed by atoms with Gasteiger partial charge in [0, 0.05) is 31.7 Å². The molecule has 0 saturated carbocycles. The molecule has 1 aromatic carbocycles. The predicted octanol–water partition coefficient (Wildman–Crippen LogP) is 1.60. The zero-order chi connectivity index (χ0) is 20.7. The van der Waals surface area contributed by atoms with E-state index in [1.807, 2.05) is 18.2 Å². The summed E-state index contributed by atoms with van der Waals surface area (Å²) >= 11 is 0. The highest BCUT2D eigenvalue weighted by molar-refractivity contribution is 5.91. The summed E-state index contributed by atoms with van der Waals surface area (Å²) in [4.78, 5) is 27.1. The van der Waals surface area contributed by atoms with E-state index < -0.39 is 11.5 Å². The largest absolute Gasteiger partial charge is 0.392 e. The third-order valence-electron chi connectivity index (χ3n) is 6.40. The number of nitrogens with two attached hydrogens (primary N) is 1. The van der Waals surface area contributed by atoms with Crippen molar-refractivity contribution < 1.29 is 9.90 Å². The molecule has 30 heavy (non-hydrogen) atoms. The number of amides is 1. The number of nitrogens with zero attached hydrogens (tertiary/aromatic N) is 3. The van der Waals surface area contributed by atoms with Crippen molar-refractivity contribution in [2.45, 2.75) is 31.8 Å². The number of benzene rings is 1. The molecule has 8 nitrogen and oxygen atoms in total. The summed E-state index contributed by atoms with van der Waals surface area (Å²) < 4.78 is 0. The number of fused-ring (bicyclic) bond motifs is 1. The van der Waals surface area contributed by atoms with Crippen molar-refractivity contribution in [2.24, 2.45) is 5.41 Å². The van der Waals surface area contributed by atoms with E-state index in [9.17, 15) is 9.90 Å². The maximum Gasteiger partial charge on any atom is 0.230 e. The smallest absolute Gasteiger partial charge is 0.230 e. The van der Waals surface area contributed by atoms with Crippen LogP contribution in [0.2, 0.25) is 0 Å². The van der Waals surface area contributed by atoms with Crippen molar-refractivity contribution >= 4 is 28.7 Å². The molecule has 0 radical (unpaired) electrons. The van der Waals surface area contributed by atoms with Crippen LogP contribution in [-0.4, -0.2) is 51.7 Å². The first-order valence-corrected chi connectivity index (χ1v) is 10.5. The number of carbonyl (C=O) groups is 1. The number of nitrogen functional groups attached to an aromatic ring is 1. The average Bonchev–Trinajstić information content (AvgIpc) is 3.14. The van der Waals surface area contributed by atoms with E-state index in [0.717, 1.165) is 29.7 Å². The van der Waals surface area contributed by atoms with Crippen molar-refractivity contribution in [3.8, 4) is 0 Å². The van der Waals surface area contributed by atoms with Crippen LogP contribution >= 0.6 is 0 Å². The fraction of sp³-hybridized carbons (Fsp3) is 0.409. The first-order chi connectivity index (χ1) is 14.5. The Morgan fingerprint density at radius 1 is 1.27 bits per heavy atom. The van der Waals surface area contributed by atoms with E-state index >= 15 is 0 Å². The van der Waals surface area contributed by atoms with Gasteiger partial charge >= 0.3 is 0 Å². The van der Waals surface area contributed by atoms with E-state index in [1.54, 1.807) is 0 Å². The average molecular weight is 406 g/mol. The zero-order valence-electron chi connectivity index (χ0n) is 16.8. The lowest BCUT2D eigenvalue weighted by Gasteiger charge is -2.47. The Morgan fingerprint density at radius 3 is 2.90 bits per heavy atom. The van der Waals surface area contributed by atoms with Crippen LogP contribution in [0.5, 0.6) is 0 Å². The number of nitrogens with one attached hydrogen (secondary N) is 2. The van der Waals surface area contributed by atoms with Gasteiger partial charge in [-0.05, 0) is 30.9 Å². The first kappa shape index (κ1) is 18.9. The van der Waals surface area contributed by atoms with E-state index in [1.165, 1.54) is 5.56 Å². The lowest BCUT2D eigenvalue weighted by atomic mass is 9.71. The van der Waals surface area contributed by atoms with Crippen LogP contribution in [-0.2, 0) is 11.2 Å². The number of anilines is 2. The summed E-state index contributed by atoms with van der Waals surface area (Å²) in [6.07, 6.45) is 2.15. The lowest BCUT2D eigenvalue weighted by Crippen LogP contribution is -2.61. The van der Waals surface area contributed by atoms with Gasteiger partial charge in [0.1, 0.15) is 11.5 Å². The van der Waals surface area contributed by atoms with Gasteiger partial charge in [0.25, 0.3) is 0 Å². The van der Waals surface area contributed by atoms with Gasteiger partial charge < -0.3 is 26.0 Å². The number of carbonyl (C=O) groups excluding carboxylic acids is 1. The molecule has 3 aromatic rings. The monoisotopic (exact) mass is 406 g/mol. The van der Waals surface area contributed by atoms with Crippen molar-refractivity contribution in [2.75, 3.05) is 30.3 Å². The van der Waals surface area contributed by atoms with Crippen molar-refractivity contribution in [3.05, 3.63) is 47.7 Å². The molecule has 0 bridgehead atoms. The molecular weight excluding hydrogens is 380 g/mol. The molecule has 156 valence electrons. The molecule has 1 amide bonds. The number of aromatic nitrogens is 3. The Balaban J connectivity index is 1.51. The number of hydrogen-bond acceptors (Lipinski definition) is 6. The predicted molar refractivity (Wildman–Crippen MR) is 115 cm³/mol. The summed E-state index contributed by atoms with van der Waals surface area (Å²) in [5, 5.41) is 14.5. The summed E-state index contributed by atoms with van der Waals surface area (Å²) in [5.74, 6) is 0.847. The van der Waals surface area contributed by atoms with Crippen molar-refractivity contribution in [1.29, 1.82) is 0 Å². The highest BCUT2D eigenvalue weighted by Crippen LogP contribution is 2.40. The Bertz CT molecular complexity index is 1080. The molecule has 5 rings (SSSR count). The second-order valence-electron chi connectivity index (χ2n) is 8.37. The van der Waals surface area contributed by atoms with Crippen molar-refractivity contribution in [3.63, 3.8) is 0 Å². The summed E-state index contributed by atoms with van der Waals surface area (Å²) in [5.41, 5.74) is 8.14. The lowest BCUT2D eigenvalue weighted by molar-refractivity contribution is -0.142. The van der Waals surface area contributed by atoms with Crippen LogP contribution in [0.15, 0.2) is 36.4 Å². The molecule has 0 unspecified atom stereocenters. The third-order valence-corrected chi connectivity index (χ3v) is 6.40. The van der Waals surface area contributed by atoms with Crippen LogP contribution in [0.3, 0.4) is 0 Å². The number of H-pyrrole nitrogens is 1. The number of aliphatic hydroxyl groups is 1. The minimum atomic E-state index is -0.800. The standard InChI is InChI=1S/C22H26N6O2/c23-21-26-18-16(12-15(25-18)11-14-5-2-1-3-6-14)19(27-21)28-10-7-17(29)22(13-28)8-4-9-24-20(22)30/h1-3,5-6,12,17,29H,4,7-11,13H2,(H,24,30)(H3,23,25,26,27)/t17-,22+/m0/s1. The van der Waals surface area contributed by atoms with Crippen LogP contribution in [0.4, 0.5) is 11.8 Å². The number of rotatable bonds is 3. The second kappa shape index (κ2) is 7.28.